The van der Waals surface area contributed by atoms with Crippen LogP contribution < -0.4 is 19.9 Å². The van der Waals surface area contributed by atoms with E-state index in [4.69, 9.17) is 4.74 Å². The molecule has 1 unspecified atom stereocenters. The second kappa shape index (κ2) is 15.8. The van der Waals surface area contributed by atoms with Crippen molar-refractivity contribution in [2.75, 3.05) is 55.6 Å². The number of anilines is 2. The standard InChI is InChI=1S/C50H59N5O4/c1-49(2,3)59-40-16-19-42-36(31-40)12-17-41(34-8-6-5-7-9-34)46(42)35-10-13-38(14-11-35)53-24-22-50(4,23-25-53)33-52-26-28-54(29-27-52)39-15-18-43-37(30-39)32-55(48(43)58)44-20-21-45(56)51-47(44)57/h5-11,13-16,18-19,30-31,41,44,46H,12,17,20-29,32-33H2,1-4H3,(H,51,56,57)/t41-,44?,46+/m1/s1. The van der Waals surface area contributed by atoms with E-state index in [1.165, 1.54) is 40.8 Å². The number of piperidine rings is 2. The molecule has 1 N–H and O–H groups in total. The number of hydrogen-bond acceptors (Lipinski definition) is 7. The summed E-state index contributed by atoms with van der Waals surface area (Å²) in [5, 5.41) is 2.40. The summed E-state index contributed by atoms with van der Waals surface area (Å²) in [6.07, 6.45) is 5.15. The minimum Gasteiger partial charge on any atom is -0.488 e. The van der Waals surface area contributed by atoms with Gasteiger partial charge >= 0.3 is 0 Å². The van der Waals surface area contributed by atoms with Gasteiger partial charge in [-0.15, -0.1) is 0 Å². The third-order valence-corrected chi connectivity index (χ3v) is 13.7. The van der Waals surface area contributed by atoms with Crippen LogP contribution in [0.25, 0.3) is 0 Å². The summed E-state index contributed by atoms with van der Waals surface area (Å²) in [6.45, 7) is 16.4. The molecular weight excluding hydrogens is 735 g/mol. The largest absolute Gasteiger partial charge is 0.488 e. The van der Waals surface area contributed by atoms with E-state index in [0.717, 1.165) is 75.7 Å². The molecule has 0 aromatic heterocycles. The van der Waals surface area contributed by atoms with Gasteiger partial charge in [0.05, 0.1) is 0 Å². The van der Waals surface area contributed by atoms with Crippen LogP contribution in [-0.2, 0) is 22.6 Å². The molecule has 9 rings (SSSR count). The van der Waals surface area contributed by atoms with E-state index in [9.17, 15) is 14.4 Å². The number of nitrogens with zero attached hydrogens (tertiary/aromatic N) is 4. The molecule has 3 saturated heterocycles. The van der Waals surface area contributed by atoms with Gasteiger partial charge in [0.15, 0.2) is 0 Å². The van der Waals surface area contributed by atoms with Crippen molar-refractivity contribution < 1.29 is 19.1 Å². The Kier molecular flexibility index (Phi) is 10.5. The summed E-state index contributed by atoms with van der Waals surface area (Å²) in [5.74, 6) is 0.933. The van der Waals surface area contributed by atoms with Crippen molar-refractivity contribution in [3.8, 4) is 5.75 Å². The Labute approximate surface area is 349 Å². The van der Waals surface area contributed by atoms with Crippen LogP contribution >= 0.6 is 0 Å². The number of carbonyl (C=O) groups excluding carboxylic acids is 3. The summed E-state index contributed by atoms with van der Waals surface area (Å²) >= 11 is 0. The van der Waals surface area contributed by atoms with Crippen molar-refractivity contribution in [1.29, 1.82) is 0 Å². The molecule has 4 aliphatic heterocycles. The third-order valence-electron chi connectivity index (χ3n) is 13.7. The maximum absolute atomic E-state index is 13.2. The van der Waals surface area contributed by atoms with Crippen LogP contribution in [0.1, 0.15) is 110 Å². The van der Waals surface area contributed by atoms with Gasteiger partial charge in [-0.2, -0.15) is 0 Å². The second-order valence-electron chi connectivity index (χ2n) is 19.0. The van der Waals surface area contributed by atoms with Gasteiger partial charge < -0.3 is 19.4 Å². The van der Waals surface area contributed by atoms with Gasteiger partial charge in [-0.05, 0) is 134 Å². The highest BCUT2D eigenvalue weighted by Crippen LogP contribution is 2.47. The van der Waals surface area contributed by atoms with Gasteiger partial charge in [0.1, 0.15) is 17.4 Å². The molecule has 4 aromatic carbocycles. The first kappa shape index (κ1) is 39.3. The van der Waals surface area contributed by atoms with Crippen molar-refractivity contribution in [1.82, 2.24) is 15.1 Å². The van der Waals surface area contributed by atoms with E-state index in [2.05, 4.69) is 133 Å². The first-order valence-electron chi connectivity index (χ1n) is 21.9. The van der Waals surface area contributed by atoms with Crippen molar-refractivity contribution in [3.63, 3.8) is 0 Å². The smallest absolute Gasteiger partial charge is 0.255 e. The van der Waals surface area contributed by atoms with Crippen LogP contribution in [0.15, 0.2) is 91.0 Å². The van der Waals surface area contributed by atoms with E-state index in [-0.39, 0.29) is 35.2 Å². The highest BCUT2D eigenvalue weighted by Gasteiger charge is 2.40. The van der Waals surface area contributed by atoms with Crippen molar-refractivity contribution >= 4 is 29.1 Å². The number of carbonyl (C=O) groups is 3. The van der Waals surface area contributed by atoms with Crippen molar-refractivity contribution in [3.05, 3.63) is 124 Å². The fraction of sp³-hybridized carbons (Fsp3) is 0.460. The predicted molar refractivity (Wildman–Crippen MR) is 233 cm³/mol. The lowest BCUT2D eigenvalue weighted by Gasteiger charge is -2.45. The molecule has 0 saturated carbocycles. The molecule has 59 heavy (non-hydrogen) atoms. The molecule has 0 radical (unpaired) electrons. The maximum Gasteiger partial charge on any atom is 0.255 e. The van der Waals surface area contributed by atoms with Crippen molar-refractivity contribution in [2.24, 2.45) is 5.41 Å². The zero-order valence-corrected chi connectivity index (χ0v) is 35.2. The summed E-state index contributed by atoms with van der Waals surface area (Å²) < 4.78 is 6.28. The Morgan fingerprint density at radius 2 is 1.44 bits per heavy atom. The van der Waals surface area contributed by atoms with Crippen molar-refractivity contribution in [2.45, 2.75) is 96.2 Å². The monoisotopic (exact) mass is 793 g/mol. The zero-order valence-electron chi connectivity index (χ0n) is 35.2. The number of rotatable bonds is 8. The number of nitrogens with one attached hydrogen (secondary N) is 1. The molecule has 3 fully saturated rings. The van der Waals surface area contributed by atoms with Crippen LogP contribution in [0, 0.1) is 5.41 Å². The van der Waals surface area contributed by atoms with Gasteiger partial charge in [0.25, 0.3) is 5.91 Å². The molecule has 9 nitrogen and oxygen atoms in total. The highest BCUT2D eigenvalue weighted by atomic mass is 16.5. The Hall–Kier alpha value is -5.15. The molecule has 9 heteroatoms. The van der Waals surface area contributed by atoms with Gasteiger partial charge in [-0.25, -0.2) is 0 Å². The molecule has 5 aliphatic rings. The average Bonchev–Trinajstić information content (AvgIpc) is 3.55. The number of fused-ring (bicyclic) bond motifs is 2. The fourth-order valence-corrected chi connectivity index (χ4v) is 10.5. The van der Waals surface area contributed by atoms with E-state index < -0.39 is 6.04 Å². The molecule has 1 aliphatic carbocycles. The number of aryl methyl sites for hydroxylation is 1. The number of hydrogen-bond donors (Lipinski definition) is 1. The lowest BCUT2D eigenvalue weighted by atomic mass is 9.69. The number of piperazine rings is 1. The summed E-state index contributed by atoms with van der Waals surface area (Å²) in [6, 6.07) is 32.9. The van der Waals surface area contributed by atoms with Crippen LogP contribution in [0.2, 0.25) is 0 Å². The Balaban J connectivity index is 0.805. The lowest BCUT2D eigenvalue weighted by molar-refractivity contribution is -0.136. The van der Waals surface area contributed by atoms with Gasteiger partial charge in [0, 0.05) is 81.6 Å². The van der Waals surface area contributed by atoms with Crippen LogP contribution in [0.5, 0.6) is 5.75 Å². The van der Waals surface area contributed by atoms with E-state index in [1.54, 1.807) is 4.90 Å². The maximum atomic E-state index is 13.2. The number of ether oxygens (including phenoxy) is 1. The summed E-state index contributed by atoms with van der Waals surface area (Å²) in [4.78, 5) is 46.7. The van der Waals surface area contributed by atoms with Crippen LogP contribution in [0.3, 0.4) is 0 Å². The minimum atomic E-state index is -0.587. The number of amides is 3. The molecule has 3 amide bonds. The molecule has 4 heterocycles. The van der Waals surface area contributed by atoms with E-state index in [1.807, 2.05) is 6.07 Å². The average molecular weight is 794 g/mol. The fourth-order valence-electron chi connectivity index (χ4n) is 10.5. The predicted octanol–water partition coefficient (Wildman–Crippen LogP) is 7.92. The number of benzene rings is 4. The highest BCUT2D eigenvalue weighted by molar-refractivity contribution is 6.05. The summed E-state index contributed by atoms with van der Waals surface area (Å²) in [5.41, 5.74) is 9.77. The minimum absolute atomic E-state index is 0.119. The van der Waals surface area contributed by atoms with Crippen LogP contribution in [-0.4, -0.2) is 85.0 Å². The van der Waals surface area contributed by atoms with Crippen LogP contribution in [0.4, 0.5) is 11.4 Å². The molecule has 3 atom stereocenters. The van der Waals surface area contributed by atoms with Gasteiger partial charge in [-0.1, -0.05) is 55.5 Å². The van der Waals surface area contributed by atoms with Gasteiger partial charge in [-0.3, -0.25) is 24.6 Å². The lowest BCUT2D eigenvalue weighted by Crippen LogP contribution is -2.52. The number of imide groups is 1. The first-order chi connectivity index (χ1) is 28.4. The summed E-state index contributed by atoms with van der Waals surface area (Å²) in [7, 11) is 0. The Morgan fingerprint density at radius 3 is 2.15 bits per heavy atom. The topological polar surface area (TPSA) is 85.4 Å². The SMILES string of the molecule is CC1(CN2CCN(c3ccc4c(c3)CN(C3CCC(=O)NC3=O)C4=O)CC2)CCN(c2ccc([C@@H]3c4ccc(OC(C)(C)C)cc4CC[C@@H]3c3ccccc3)cc2)CC1. The molecular formula is C50H59N5O4. The second-order valence-corrected chi connectivity index (χ2v) is 19.0. The quantitative estimate of drug-likeness (QED) is 0.182. The third kappa shape index (κ3) is 8.23. The molecule has 0 spiro atoms. The molecule has 308 valence electrons. The molecule has 0 bridgehead atoms. The Bertz CT molecular complexity index is 2200. The normalized spacial score (nSPS) is 23.5. The Morgan fingerprint density at radius 1 is 0.729 bits per heavy atom. The first-order valence-corrected chi connectivity index (χ1v) is 21.9. The molecule has 4 aromatic rings. The van der Waals surface area contributed by atoms with E-state index in [0.29, 0.717) is 30.4 Å². The van der Waals surface area contributed by atoms with Gasteiger partial charge in [0.2, 0.25) is 11.8 Å². The van der Waals surface area contributed by atoms with E-state index >= 15 is 0 Å². The zero-order chi connectivity index (χ0) is 40.9.